The molecular formula is C18H27IN4O. The van der Waals surface area contributed by atoms with Gasteiger partial charge in [-0.3, -0.25) is 4.99 Å². The van der Waals surface area contributed by atoms with Gasteiger partial charge in [0.1, 0.15) is 6.10 Å². The smallest absolute Gasteiger partial charge is 0.191 e. The molecule has 0 saturated heterocycles. The Morgan fingerprint density at radius 1 is 1.12 bits per heavy atom. The lowest BCUT2D eigenvalue weighted by Gasteiger charge is -2.16. The van der Waals surface area contributed by atoms with Crippen molar-refractivity contribution in [3.63, 3.8) is 0 Å². The molecule has 0 saturated carbocycles. The fraction of sp³-hybridized carbons (Fsp3) is 0.389. The lowest BCUT2D eigenvalue weighted by atomic mass is 10.1. The molecule has 24 heavy (non-hydrogen) atoms. The van der Waals surface area contributed by atoms with E-state index in [9.17, 15) is 0 Å². The van der Waals surface area contributed by atoms with Gasteiger partial charge in [0.05, 0.1) is 6.54 Å². The molecule has 2 rings (SSSR count). The fourth-order valence-electron chi connectivity index (χ4n) is 2.32. The van der Waals surface area contributed by atoms with Crippen molar-refractivity contribution in [1.29, 1.82) is 0 Å². The molecule has 0 aliphatic rings. The van der Waals surface area contributed by atoms with Crippen LogP contribution in [0.2, 0.25) is 0 Å². The Hall–Kier alpha value is -1.54. The topological polar surface area (TPSA) is 50.6 Å². The van der Waals surface area contributed by atoms with Crippen LogP contribution in [0.4, 0.5) is 0 Å². The summed E-state index contributed by atoms with van der Waals surface area (Å²) in [6.07, 6.45) is 4.08. The van der Waals surface area contributed by atoms with Crippen molar-refractivity contribution >= 4 is 29.9 Å². The fourth-order valence-corrected chi connectivity index (χ4v) is 2.32. The Morgan fingerprint density at radius 3 is 2.46 bits per heavy atom. The number of ether oxygens (including phenoxy) is 1. The third-order valence-corrected chi connectivity index (χ3v) is 3.54. The standard InChI is InChI=1S/C18H26N4O.HI/c1-3-19-18(20-11-14-22-12-7-8-13-22)21-15-17(23-2)16-9-5-4-6-10-16;/h4-10,12-13,17H,3,11,14-15H2,1-2H3,(H2,19,20,21);1H. The second kappa shape index (κ2) is 11.9. The largest absolute Gasteiger partial charge is 0.375 e. The van der Waals surface area contributed by atoms with Crippen LogP contribution in [-0.4, -0.2) is 37.3 Å². The van der Waals surface area contributed by atoms with Gasteiger partial charge in [0.25, 0.3) is 0 Å². The van der Waals surface area contributed by atoms with E-state index in [4.69, 9.17) is 4.74 Å². The van der Waals surface area contributed by atoms with Crippen molar-refractivity contribution in [1.82, 2.24) is 15.2 Å². The molecule has 2 aromatic rings. The SMILES string of the molecule is CCNC(=NCC(OC)c1ccccc1)NCCn1cccc1.I. The van der Waals surface area contributed by atoms with E-state index in [0.29, 0.717) is 6.54 Å². The van der Waals surface area contributed by atoms with Gasteiger partial charge in [0.15, 0.2) is 5.96 Å². The van der Waals surface area contributed by atoms with Gasteiger partial charge >= 0.3 is 0 Å². The summed E-state index contributed by atoms with van der Waals surface area (Å²) < 4.78 is 7.70. The predicted molar refractivity (Wildman–Crippen MR) is 110 cm³/mol. The molecule has 1 atom stereocenters. The van der Waals surface area contributed by atoms with E-state index < -0.39 is 0 Å². The summed E-state index contributed by atoms with van der Waals surface area (Å²) in [6.45, 7) is 5.21. The summed E-state index contributed by atoms with van der Waals surface area (Å²) >= 11 is 0. The number of halogens is 1. The Labute approximate surface area is 161 Å². The van der Waals surface area contributed by atoms with Gasteiger partial charge < -0.3 is 19.9 Å². The average Bonchev–Trinajstić information content (AvgIpc) is 3.10. The summed E-state index contributed by atoms with van der Waals surface area (Å²) in [7, 11) is 1.72. The number of aromatic nitrogens is 1. The number of nitrogens with one attached hydrogen (secondary N) is 2. The highest BCUT2D eigenvalue weighted by Gasteiger charge is 2.09. The molecule has 0 amide bonds. The molecule has 1 heterocycles. The summed E-state index contributed by atoms with van der Waals surface area (Å²) in [5, 5.41) is 6.62. The minimum absolute atomic E-state index is 0. The molecule has 2 N–H and O–H groups in total. The van der Waals surface area contributed by atoms with Crippen molar-refractivity contribution in [3.05, 3.63) is 60.4 Å². The van der Waals surface area contributed by atoms with Gasteiger partial charge in [-0.25, -0.2) is 0 Å². The number of hydrogen-bond acceptors (Lipinski definition) is 2. The number of hydrogen-bond donors (Lipinski definition) is 2. The molecule has 0 aliphatic heterocycles. The number of rotatable bonds is 8. The minimum Gasteiger partial charge on any atom is -0.375 e. The molecule has 0 aliphatic carbocycles. The number of benzene rings is 1. The van der Waals surface area contributed by atoms with Crippen LogP contribution >= 0.6 is 24.0 Å². The lowest BCUT2D eigenvalue weighted by Crippen LogP contribution is -2.39. The minimum atomic E-state index is -0.0314. The monoisotopic (exact) mass is 442 g/mol. The summed E-state index contributed by atoms with van der Waals surface area (Å²) in [5.41, 5.74) is 1.14. The molecule has 1 aromatic carbocycles. The van der Waals surface area contributed by atoms with E-state index in [1.54, 1.807) is 7.11 Å². The first kappa shape index (κ1) is 20.5. The number of nitrogens with zero attached hydrogens (tertiary/aromatic N) is 2. The van der Waals surface area contributed by atoms with E-state index in [-0.39, 0.29) is 30.1 Å². The first-order valence-electron chi connectivity index (χ1n) is 8.04. The molecule has 0 spiro atoms. The zero-order chi connectivity index (χ0) is 16.3. The molecule has 0 radical (unpaired) electrons. The van der Waals surface area contributed by atoms with E-state index in [2.05, 4.69) is 51.6 Å². The van der Waals surface area contributed by atoms with E-state index >= 15 is 0 Å². The second-order valence-electron chi connectivity index (χ2n) is 5.20. The Kier molecular flexibility index (Phi) is 10.2. The highest BCUT2D eigenvalue weighted by molar-refractivity contribution is 14.0. The van der Waals surface area contributed by atoms with Gasteiger partial charge in [-0.05, 0) is 24.6 Å². The molecule has 0 bridgehead atoms. The Morgan fingerprint density at radius 2 is 1.83 bits per heavy atom. The van der Waals surface area contributed by atoms with Crippen molar-refractivity contribution < 1.29 is 4.74 Å². The summed E-state index contributed by atoms with van der Waals surface area (Å²) in [6, 6.07) is 14.2. The zero-order valence-electron chi connectivity index (χ0n) is 14.3. The number of methoxy groups -OCH3 is 1. The summed E-state index contributed by atoms with van der Waals surface area (Å²) in [5.74, 6) is 0.817. The van der Waals surface area contributed by atoms with Crippen molar-refractivity contribution in [2.45, 2.75) is 19.6 Å². The number of aliphatic imine (C=N–C) groups is 1. The maximum Gasteiger partial charge on any atom is 0.191 e. The first-order valence-corrected chi connectivity index (χ1v) is 8.04. The van der Waals surface area contributed by atoms with Crippen molar-refractivity contribution in [2.75, 3.05) is 26.7 Å². The third kappa shape index (κ3) is 6.92. The predicted octanol–water partition coefficient (Wildman–Crippen LogP) is 3.05. The first-order chi connectivity index (χ1) is 11.3. The zero-order valence-corrected chi connectivity index (χ0v) is 16.6. The summed E-state index contributed by atoms with van der Waals surface area (Å²) in [4.78, 5) is 4.64. The van der Waals surface area contributed by atoms with Crippen LogP contribution in [0.1, 0.15) is 18.6 Å². The maximum absolute atomic E-state index is 5.56. The third-order valence-electron chi connectivity index (χ3n) is 3.54. The molecule has 1 unspecified atom stereocenters. The molecule has 0 fully saturated rings. The van der Waals surface area contributed by atoms with Gasteiger partial charge in [-0.2, -0.15) is 0 Å². The van der Waals surface area contributed by atoms with E-state index in [0.717, 1.165) is 31.2 Å². The second-order valence-corrected chi connectivity index (χ2v) is 5.20. The highest BCUT2D eigenvalue weighted by atomic mass is 127. The van der Waals surface area contributed by atoms with Gasteiger partial charge in [0.2, 0.25) is 0 Å². The van der Waals surface area contributed by atoms with Gasteiger partial charge in [-0.15, -0.1) is 24.0 Å². The molecule has 6 heteroatoms. The maximum atomic E-state index is 5.56. The van der Waals surface area contributed by atoms with Gasteiger partial charge in [-0.1, -0.05) is 30.3 Å². The van der Waals surface area contributed by atoms with E-state index in [1.165, 1.54) is 0 Å². The van der Waals surface area contributed by atoms with Gasteiger partial charge in [0, 0.05) is 39.1 Å². The molecule has 132 valence electrons. The van der Waals surface area contributed by atoms with Crippen LogP contribution < -0.4 is 10.6 Å². The Bertz CT molecular complexity index is 572. The lowest BCUT2D eigenvalue weighted by molar-refractivity contribution is 0.111. The highest BCUT2D eigenvalue weighted by Crippen LogP contribution is 2.16. The average molecular weight is 442 g/mol. The number of guanidine groups is 1. The van der Waals surface area contributed by atoms with E-state index in [1.807, 2.05) is 30.3 Å². The quantitative estimate of drug-likeness (QED) is 0.376. The van der Waals surface area contributed by atoms with Crippen LogP contribution in [0, 0.1) is 0 Å². The van der Waals surface area contributed by atoms with Crippen molar-refractivity contribution in [3.8, 4) is 0 Å². The van der Waals surface area contributed by atoms with Crippen LogP contribution in [0.3, 0.4) is 0 Å². The van der Waals surface area contributed by atoms with Crippen LogP contribution in [0.5, 0.6) is 0 Å². The van der Waals surface area contributed by atoms with Crippen LogP contribution in [-0.2, 0) is 11.3 Å². The van der Waals surface area contributed by atoms with Crippen LogP contribution in [0.25, 0.3) is 0 Å². The van der Waals surface area contributed by atoms with Crippen molar-refractivity contribution in [2.24, 2.45) is 4.99 Å². The van der Waals surface area contributed by atoms with Crippen LogP contribution in [0.15, 0.2) is 59.9 Å². The molecule has 5 nitrogen and oxygen atoms in total. The molecule has 1 aromatic heterocycles. The normalized spacial score (nSPS) is 12.3. The Balaban J connectivity index is 0.00000288. The molecular weight excluding hydrogens is 415 g/mol.